The maximum Gasteiger partial charge on any atom is 0.240 e. The van der Waals surface area contributed by atoms with Crippen molar-refractivity contribution in [3.05, 3.63) is 82.4 Å². The smallest absolute Gasteiger partial charge is 0.240 e. The number of likely N-dealkylation sites (N-methyl/N-ethyl adjacent to an activating group) is 1. The number of hydrogen-bond donors (Lipinski definition) is 4. The number of nitrogens with zero attached hydrogens (tertiary/aromatic N) is 1. The van der Waals surface area contributed by atoms with E-state index in [1.807, 2.05) is 58.2 Å². The van der Waals surface area contributed by atoms with Gasteiger partial charge in [-0.05, 0) is 75.2 Å². The van der Waals surface area contributed by atoms with Gasteiger partial charge in [0, 0.05) is 36.6 Å². The second-order valence-corrected chi connectivity index (χ2v) is 10.9. The van der Waals surface area contributed by atoms with Crippen LogP contribution in [0.15, 0.2) is 81.2 Å². The van der Waals surface area contributed by atoms with Crippen molar-refractivity contribution in [2.75, 3.05) is 33.3 Å². The van der Waals surface area contributed by atoms with Crippen LogP contribution in [0.25, 0.3) is 0 Å². The molecule has 2 rings (SSSR count). The highest BCUT2D eigenvalue weighted by atomic mass is 32.2. The van der Waals surface area contributed by atoms with Gasteiger partial charge in [-0.3, -0.25) is 4.99 Å². The zero-order valence-electron chi connectivity index (χ0n) is 21.1. The first-order chi connectivity index (χ1) is 16.7. The van der Waals surface area contributed by atoms with Gasteiger partial charge >= 0.3 is 0 Å². The van der Waals surface area contributed by atoms with E-state index in [-0.39, 0.29) is 17.2 Å². The summed E-state index contributed by atoms with van der Waals surface area (Å²) in [6.07, 6.45) is 2.73. The van der Waals surface area contributed by atoms with Crippen LogP contribution in [-0.2, 0) is 16.4 Å². The molecule has 0 saturated heterocycles. The number of phenols is 1. The van der Waals surface area contributed by atoms with Gasteiger partial charge in [0.1, 0.15) is 5.75 Å². The van der Waals surface area contributed by atoms with Crippen molar-refractivity contribution in [2.24, 2.45) is 4.99 Å². The second kappa shape index (κ2) is 14.1. The summed E-state index contributed by atoms with van der Waals surface area (Å²) in [5, 5.41) is 18.0. The predicted octanol–water partition coefficient (Wildman–Crippen LogP) is 3.97. The third-order valence-corrected chi connectivity index (χ3v) is 8.00. The molecule has 0 radical (unpaired) electrons. The van der Waals surface area contributed by atoms with Crippen LogP contribution in [0.1, 0.15) is 31.9 Å². The number of aryl methyl sites for hydroxylation is 1. The summed E-state index contributed by atoms with van der Waals surface area (Å²) in [5.41, 5.74) is 4.07. The molecule has 0 saturated carbocycles. The van der Waals surface area contributed by atoms with E-state index in [0.717, 1.165) is 29.9 Å². The molecule has 2 aromatic carbocycles. The molecule has 0 aliphatic carbocycles. The Balaban J connectivity index is 2.14. The van der Waals surface area contributed by atoms with Crippen LogP contribution >= 0.6 is 8.58 Å². The van der Waals surface area contributed by atoms with Crippen molar-refractivity contribution in [3.63, 3.8) is 0 Å². The molecular weight excluding hydrogens is 479 g/mol. The average molecular weight is 517 g/mol. The fraction of sp³-hybridized carbons (Fsp3) is 0.346. The number of para-hydroxylation sites is 1. The minimum Gasteiger partial charge on any atom is -0.507 e. The summed E-state index contributed by atoms with van der Waals surface area (Å²) in [5.74, 6) is 0.152. The minimum absolute atomic E-state index is 0.152. The molecule has 0 fully saturated rings. The van der Waals surface area contributed by atoms with Crippen LogP contribution in [0.2, 0.25) is 0 Å². The van der Waals surface area contributed by atoms with Gasteiger partial charge in [-0.1, -0.05) is 39.8 Å². The van der Waals surface area contributed by atoms with E-state index in [9.17, 15) is 13.5 Å². The van der Waals surface area contributed by atoms with Crippen molar-refractivity contribution in [3.8, 4) is 5.75 Å². The number of aromatic hydroxyl groups is 1. The predicted molar refractivity (Wildman–Crippen MR) is 148 cm³/mol. The number of hydrogen-bond acceptors (Lipinski definition) is 6. The molecule has 2 aromatic rings. The van der Waals surface area contributed by atoms with Gasteiger partial charge in [-0.25, -0.2) is 13.1 Å². The molecule has 0 aromatic heterocycles. The van der Waals surface area contributed by atoms with E-state index in [1.165, 1.54) is 5.31 Å². The van der Waals surface area contributed by atoms with E-state index in [4.69, 9.17) is 4.99 Å². The highest BCUT2D eigenvalue weighted by Gasteiger charge is 2.13. The van der Waals surface area contributed by atoms with Crippen molar-refractivity contribution < 1.29 is 13.5 Å². The molecule has 4 N–H and O–H groups in total. The maximum atomic E-state index is 12.5. The van der Waals surface area contributed by atoms with E-state index >= 15 is 0 Å². The number of sulfonamides is 1. The molecule has 0 bridgehead atoms. The largest absolute Gasteiger partial charge is 0.507 e. The third-order valence-electron chi connectivity index (χ3n) is 5.38. The lowest BCUT2D eigenvalue weighted by Crippen LogP contribution is -2.31. The average Bonchev–Trinajstić information content (AvgIpc) is 2.85. The Labute approximate surface area is 211 Å². The number of allylic oxidation sites excluding steroid dienone is 3. The van der Waals surface area contributed by atoms with Gasteiger partial charge in [0.2, 0.25) is 10.0 Å². The molecule has 0 spiro atoms. The van der Waals surface area contributed by atoms with Gasteiger partial charge in [-0.15, -0.1) is 0 Å². The zero-order valence-corrected chi connectivity index (χ0v) is 23.0. The van der Waals surface area contributed by atoms with Crippen LogP contribution in [0.5, 0.6) is 5.75 Å². The highest BCUT2D eigenvalue weighted by molar-refractivity contribution is 7.89. The fourth-order valence-electron chi connectivity index (χ4n) is 3.37. The van der Waals surface area contributed by atoms with E-state index in [1.54, 1.807) is 24.3 Å². The molecule has 1 unspecified atom stereocenters. The standard InChI is InChI=1S/C26H37N4O3PS/c1-6-21-11-13-22(14-12-21)35(32,33)29-16-15-28-19(2)17-24(23-9-7-8-10-25(23)31)30-20(3)26(34-5)18-27-4/h7-14,17,27-29,31,34H,6,15-16,18H2,1-5H3/b19-17+,26-20-,30-24-. The molecule has 7 nitrogen and oxygen atoms in total. The van der Waals surface area contributed by atoms with Crippen LogP contribution < -0.4 is 15.4 Å². The van der Waals surface area contributed by atoms with E-state index < -0.39 is 10.0 Å². The van der Waals surface area contributed by atoms with Crippen LogP contribution in [0, 0.1) is 0 Å². The van der Waals surface area contributed by atoms with Gasteiger partial charge in [0.15, 0.2) is 0 Å². The van der Waals surface area contributed by atoms with Crippen molar-refractivity contribution in [2.45, 2.75) is 32.1 Å². The summed E-state index contributed by atoms with van der Waals surface area (Å²) in [7, 11) is -1.05. The first kappa shape index (κ1) is 28.7. The first-order valence-corrected chi connectivity index (χ1v) is 14.6. The molecule has 9 heteroatoms. The Bertz CT molecular complexity index is 1170. The normalized spacial score (nSPS) is 13.9. The molecule has 35 heavy (non-hydrogen) atoms. The van der Waals surface area contributed by atoms with Gasteiger partial charge in [0.25, 0.3) is 0 Å². The van der Waals surface area contributed by atoms with E-state index in [2.05, 4.69) is 22.0 Å². The summed E-state index contributed by atoms with van der Waals surface area (Å²) in [6, 6.07) is 14.0. The topological polar surface area (TPSA) is 103 Å². The maximum absolute atomic E-state index is 12.5. The lowest BCUT2D eigenvalue weighted by atomic mass is 10.1. The molecule has 0 heterocycles. The molecular formula is C26H37N4O3PS. The number of benzene rings is 2. The minimum atomic E-state index is -3.57. The number of phenolic OH excluding ortho intramolecular Hbond substituents is 1. The lowest BCUT2D eigenvalue weighted by Gasteiger charge is -2.12. The Kier molecular flexibility index (Phi) is 11.6. The lowest BCUT2D eigenvalue weighted by molar-refractivity contribution is 0.474. The Hall–Kier alpha value is -2.51. The quantitative estimate of drug-likeness (QED) is 0.183. The van der Waals surface area contributed by atoms with Gasteiger partial charge in [-0.2, -0.15) is 0 Å². The Morgan fingerprint density at radius 1 is 1.09 bits per heavy atom. The van der Waals surface area contributed by atoms with Crippen molar-refractivity contribution in [1.29, 1.82) is 0 Å². The zero-order chi connectivity index (χ0) is 25.8. The number of rotatable bonds is 13. The SMILES string of the molecule is CCc1ccc(S(=O)(=O)NCCN/C(C)=C/C(=N/C(C)=C(/CNC)PC)c2ccccc2O)cc1. The van der Waals surface area contributed by atoms with Crippen LogP contribution in [0.3, 0.4) is 0 Å². The summed E-state index contributed by atoms with van der Waals surface area (Å²) < 4.78 is 27.7. The van der Waals surface area contributed by atoms with E-state index in [0.29, 0.717) is 26.4 Å². The van der Waals surface area contributed by atoms with Crippen molar-refractivity contribution >= 4 is 24.3 Å². The number of aliphatic imine (C=N–C) groups is 1. The Morgan fingerprint density at radius 3 is 2.37 bits per heavy atom. The summed E-state index contributed by atoms with van der Waals surface area (Å²) in [4.78, 5) is 5.09. The fourth-order valence-corrected chi connectivity index (χ4v) is 5.17. The number of nitrogens with one attached hydrogen (secondary N) is 3. The van der Waals surface area contributed by atoms with Crippen LogP contribution in [-0.4, -0.2) is 52.6 Å². The van der Waals surface area contributed by atoms with Crippen molar-refractivity contribution in [1.82, 2.24) is 15.4 Å². The molecule has 0 amide bonds. The monoisotopic (exact) mass is 516 g/mol. The van der Waals surface area contributed by atoms with Gasteiger partial charge < -0.3 is 15.7 Å². The van der Waals surface area contributed by atoms with Crippen LogP contribution in [0.4, 0.5) is 0 Å². The Morgan fingerprint density at radius 2 is 1.77 bits per heavy atom. The first-order valence-electron chi connectivity index (χ1n) is 11.6. The molecule has 0 aliphatic heterocycles. The third kappa shape index (κ3) is 8.89. The van der Waals surface area contributed by atoms with Gasteiger partial charge in [0.05, 0.1) is 10.6 Å². The molecule has 190 valence electrons. The summed E-state index contributed by atoms with van der Waals surface area (Å²) >= 11 is 0. The molecule has 1 atom stereocenters. The second-order valence-electron chi connectivity index (χ2n) is 8.01. The highest BCUT2D eigenvalue weighted by Crippen LogP contribution is 2.25. The summed E-state index contributed by atoms with van der Waals surface area (Å²) in [6.45, 7) is 9.40. The molecule has 0 aliphatic rings.